The zero-order valence-corrected chi connectivity index (χ0v) is 38.2. The Morgan fingerprint density at radius 3 is 1.88 bits per heavy atom. The molecule has 0 N–H and O–H groups in total. The van der Waals surface area contributed by atoms with Crippen LogP contribution in [0.4, 0.5) is 0 Å². The number of benzene rings is 3. The van der Waals surface area contributed by atoms with Gasteiger partial charge < -0.3 is 0 Å². The minimum atomic E-state index is -4.58. The minimum absolute atomic E-state index is 0. The molecule has 1 atom stereocenters. The molecule has 0 spiro atoms. The van der Waals surface area contributed by atoms with Gasteiger partial charge >= 0.3 is 308 Å². The Balaban J connectivity index is 0.00000232. The van der Waals surface area contributed by atoms with E-state index in [-0.39, 0.29) is 35.6 Å². The van der Waals surface area contributed by atoms with Gasteiger partial charge in [0.15, 0.2) is 0 Å². The van der Waals surface area contributed by atoms with E-state index in [1.165, 1.54) is 71.0 Å². The molecule has 0 aliphatic heterocycles. The first kappa shape index (κ1) is 40.1. The first-order valence-corrected chi connectivity index (χ1v) is 27.4. The second-order valence-electron chi connectivity index (χ2n) is 20.5. The molecule has 4 saturated carbocycles. The van der Waals surface area contributed by atoms with Gasteiger partial charge in [-0.3, -0.25) is 0 Å². The van der Waals surface area contributed by atoms with Gasteiger partial charge in [-0.25, -0.2) is 0 Å². The fourth-order valence-corrected chi connectivity index (χ4v) is 29.9. The molecule has 0 saturated heterocycles. The molecule has 1 unspecified atom stereocenters. The summed E-state index contributed by atoms with van der Waals surface area (Å²) in [5, 5.41) is 0. The van der Waals surface area contributed by atoms with E-state index in [9.17, 15) is 0 Å². The van der Waals surface area contributed by atoms with Gasteiger partial charge in [0.05, 0.1) is 0 Å². The molecule has 280 valence electrons. The van der Waals surface area contributed by atoms with Crippen molar-refractivity contribution in [2.45, 2.75) is 130 Å². The van der Waals surface area contributed by atoms with E-state index in [2.05, 4.69) is 137 Å². The average Bonchev–Trinajstić information content (AvgIpc) is 3.62. The molecule has 0 nitrogen and oxygen atoms in total. The fraction of sp³-hybridized carbons (Fsp3) is 0.531. The first-order chi connectivity index (χ1) is 23.4. The molecule has 0 radical (unpaired) electrons. The van der Waals surface area contributed by atoms with E-state index in [4.69, 9.17) is 4.21 Å². The molecule has 0 aromatic heterocycles. The van der Waals surface area contributed by atoms with Crippen LogP contribution in [0.15, 0.2) is 69.5 Å². The van der Waals surface area contributed by atoms with Crippen LogP contribution >= 0.6 is 24.8 Å². The summed E-state index contributed by atoms with van der Waals surface area (Å²) in [5.41, 5.74) is 14.2. The van der Waals surface area contributed by atoms with Crippen molar-refractivity contribution in [3.63, 3.8) is 0 Å². The second-order valence-corrected chi connectivity index (χ2v) is 34.5. The summed E-state index contributed by atoms with van der Waals surface area (Å²) < 4.78 is 12.0. The van der Waals surface area contributed by atoms with E-state index in [0.29, 0.717) is 11.3 Å². The molecule has 6 aliphatic rings. The molecule has 6 aliphatic carbocycles. The monoisotopic (exact) mass is 814 g/mol. The summed E-state index contributed by atoms with van der Waals surface area (Å²) in [7, 11) is 0. The van der Waals surface area contributed by atoms with E-state index >= 15 is 0 Å². The number of hydrogen-bond donors (Lipinski definition) is 0. The van der Waals surface area contributed by atoms with Crippen LogP contribution in [0.3, 0.4) is 0 Å². The van der Waals surface area contributed by atoms with Crippen molar-refractivity contribution < 1.29 is 18.3 Å². The van der Waals surface area contributed by atoms with Crippen LogP contribution in [0.1, 0.15) is 128 Å². The van der Waals surface area contributed by atoms with Crippen LogP contribution in [-0.2, 0) is 35.5 Å². The van der Waals surface area contributed by atoms with Crippen molar-refractivity contribution in [2.24, 2.45) is 35.0 Å². The number of rotatable bonds is 5. The number of hydrogen-bond acceptors (Lipinski definition) is 0. The Bertz CT molecular complexity index is 2020. The Labute approximate surface area is 330 Å². The topological polar surface area (TPSA) is 0 Å². The molecule has 52 heavy (non-hydrogen) atoms. The third-order valence-corrected chi connectivity index (χ3v) is 33.3. The van der Waals surface area contributed by atoms with Crippen LogP contribution in [-0.4, -0.2) is 4.21 Å². The molecule has 4 bridgehead atoms. The van der Waals surface area contributed by atoms with Gasteiger partial charge in [0.25, 0.3) is 0 Å². The van der Waals surface area contributed by atoms with Gasteiger partial charge in [-0.15, -0.1) is 24.8 Å². The molecule has 3 aromatic rings. The molecular weight excluding hydrogens is 751 g/mol. The zero-order valence-electron chi connectivity index (χ0n) is 34.1. The average molecular weight is 817 g/mol. The van der Waals surface area contributed by atoms with E-state index in [1.54, 1.807) is 21.0 Å². The number of allylic oxidation sites excluding steroid dienone is 4. The van der Waals surface area contributed by atoms with Gasteiger partial charge in [-0.1, -0.05) is 0 Å². The Morgan fingerprint density at radius 1 is 0.788 bits per heavy atom. The summed E-state index contributed by atoms with van der Waals surface area (Å²) in [6, 6.07) is 19.6. The Morgan fingerprint density at radius 2 is 1.35 bits per heavy atom. The summed E-state index contributed by atoms with van der Waals surface area (Å²) in [4.78, 5) is 0. The van der Waals surface area contributed by atoms with Crippen LogP contribution in [0.25, 0.3) is 11.1 Å². The maximum absolute atomic E-state index is 5.89. The molecule has 0 heterocycles. The van der Waals surface area contributed by atoms with Gasteiger partial charge in [-0.05, 0) is 0 Å². The summed E-state index contributed by atoms with van der Waals surface area (Å²) in [6.45, 7) is 27.0. The van der Waals surface area contributed by atoms with Crippen molar-refractivity contribution in [1.82, 2.24) is 0 Å². The van der Waals surface area contributed by atoms with E-state index in [0.717, 1.165) is 34.2 Å². The van der Waals surface area contributed by atoms with E-state index in [1.807, 2.05) is 0 Å². The quantitative estimate of drug-likeness (QED) is 0.188. The standard InChI is InChI=1S/C23H29.C17H23.C6H5.C2H5.CH2.2ClH.Zr/c1-14-9-16-11-17-10-15(2)21(23(6,7)8)13-19(17)18(16)12-20(14)22(3,4)5;1-11-3-4-14(5-11)17(2)15-7-12-6-13(9-15)10-16(17)8-12;1-2-4-6-5-3-1;1-2;;;;/h9,12-13H,11H2,1-8H3;4-5,11-13,15-16H,6-10H2,1-2H3;1-5H;1H2,2H3;1H2;2*1H;. The molecular formula is C49H66Cl2Zr. The van der Waals surface area contributed by atoms with Gasteiger partial charge in [-0.2, -0.15) is 0 Å². The SMILES string of the molecule is Cl.Cl.[CH2]=[Zr]([CH2]C)([C]1=CC(C2(C)C3CC4CC(C3)CC2C4)=CC1C)([c]1ccccc1)[c]1c(C)c(C(C)(C)C)cc2c1Cc1cc(C)c(C(C)(C)C)cc1-2. The summed E-state index contributed by atoms with van der Waals surface area (Å²) in [6.07, 6.45) is 14.0. The third-order valence-electron chi connectivity index (χ3n) is 15.7. The van der Waals surface area contributed by atoms with Crippen LogP contribution in [0, 0.1) is 48.9 Å². The number of halogens is 2. The van der Waals surface area contributed by atoms with E-state index < -0.39 is 18.3 Å². The summed E-state index contributed by atoms with van der Waals surface area (Å²) in [5.74, 6) is 4.08. The number of aryl methyl sites for hydroxylation is 1. The normalized spacial score (nSPS) is 27.7. The molecule has 3 heteroatoms. The third kappa shape index (κ3) is 5.54. The molecule has 9 rings (SSSR count). The van der Waals surface area contributed by atoms with Crippen molar-refractivity contribution in [2.75, 3.05) is 0 Å². The van der Waals surface area contributed by atoms with Gasteiger partial charge in [0, 0.05) is 0 Å². The van der Waals surface area contributed by atoms with Crippen molar-refractivity contribution >= 4 is 35.6 Å². The Hall–Kier alpha value is -1.53. The molecule has 0 amide bonds. The van der Waals surface area contributed by atoms with Crippen molar-refractivity contribution in [1.29, 1.82) is 0 Å². The maximum atomic E-state index is 5.89. The molecule has 4 fully saturated rings. The molecule has 3 aromatic carbocycles. The Kier molecular flexibility index (Phi) is 10.1. The fourth-order valence-electron chi connectivity index (χ4n) is 13.3. The first-order valence-electron chi connectivity index (χ1n) is 20.2. The second kappa shape index (κ2) is 13.0. The van der Waals surface area contributed by atoms with Crippen LogP contribution < -0.4 is 6.54 Å². The van der Waals surface area contributed by atoms with Gasteiger partial charge in [0.1, 0.15) is 0 Å². The zero-order chi connectivity index (χ0) is 35.8. The summed E-state index contributed by atoms with van der Waals surface area (Å²) >= 11 is -4.58. The predicted molar refractivity (Wildman–Crippen MR) is 230 cm³/mol. The van der Waals surface area contributed by atoms with Crippen LogP contribution in [0.2, 0.25) is 4.13 Å². The van der Waals surface area contributed by atoms with Gasteiger partial charge in [0.2, 0.25) is 0 Å². The van der Waals surface area contributed by atoms with Crippen molar-refractivity contribution in [3.05, 3.63) is 103 Å². The predicted octanol–water partition coefficient (Wildman–Crippen LogP) is 12.7. The number of fused-ring (bicyclic) bond motifs is 3. The van der Waals surface area contributed by atoms with Crippen LogP contribution in [0.5, 0.6) is 0 Å². The van der Waals surface area contributed by atoms with Crippen molar-refractivity contribution in [3.8, 4) is 11.1 Å².